The predicted octanol–water partition coefficient (Wildman–Crippen LogP) is 11.4. The maximum absolute atomic E-state index is 5.43. The highest BCUT2D eigenvalue weighted by atomic mass is 15.3. The lowest BCUT2D eigenvalue weighted by Crippen LogP contribution is -2.33. The van der Waals surface area contributed by atoms with Gasteiger partial charge in [-0.3, -0.25) is 4.90 Å². The number of hydrogen-bond donors (Lipinski definition) is 0. The third-order valence-electron chi connectivity index (χ3n) is 12.3. The van der Waals surface area contributed by atoms with Gasteiger partial charge in [-0.05, 0) is 96.2 Å². The summed E-state index contributed by atoms with van der Waals surface area (Å²) < 4.78 is 0. The summed E-state index contributed by atoms with van der Waals surface area (Å²) in [5.74, 6) is 1.85. The van der Waals surface area contributed by atoms with Gasteiger partial charge in [-0.25, -0.2) is 9.97 Å². The lowest BCUT2D eigenvalue weighted by atomic mass is 9.74. The van der Waals surface area contributed by atoms with E-state index in [1.165, 1.54) is 55.8 Å². The molecule has 0 saturated carbocycles. The second-order valence-electron chi connectivity index (χ2n) is 15.0. The van der Waals surface area contributed by atoms with Gasteiger partial charge < -0.3 is 4.90 Å². The Bertz CT molecular complexity index is 2450. The first-order valence-corrected chi connectivity index (χ1v) is 19.1. The van der Waals surface area contributed by atoms with Crippen LogP contribution in [0.3, 0.4) is 0 Å². The number of fused-ring (bicyclic) bond motifs is 8. The molecule has 0 N–H and O–H groups in total. The van der Waals surface area contributed by atoms with Crippen LogP contribution in [0.15, 0.2) is 162 Å². The molecule has 3 heterocycles. The second kappa shape index (κ2) is 11.9. The van der Waals surface area contributed by atoms with E-state index < -0.39 is 0 Å². The topological polar surface area (TPSA) is 32.3 Å². The van der Waals surface area contributed by atoms with Gasteiger partial charge >= 0.3 is 0 Å². The molecule has 0 bridgehead atoms. The normalized spacial score (nSPS) is 23.9. The average molecular weight is 673 g/mol. The molecule has 52 heavy (non-hydrogen) atoms. The molecule has 2 aliphatic heterocycles. The summed E-state index contributed by atoms with van der Waals surface area (Å²) in [4.78, 5) is 15.8. The Morgan fingerprint density at radius 3 is 2.44 bits per heavy atom. The molecule has 0 radical (unpaired) electrons. The Hall–Kier alpha value is -5.74. The largest absolute Gasteiger partial charge is 0.337 e. The molecule has 4 unspecified atom stereocenters. The minimum Gasteiger partial charge on any atom is -0.337 e. The monoisotopic (exact) mass is 672 g/mol. The zero-order valence-corrected chi connectivity index (χ0v) is 29.2. The standard InChI is InChI=1S/C48H40N4/c1-3-14-32(15-4-1)47-38-20-9-11-21-41(38)49-48(50-47)52-44-27-25-34(30-40(44)46-36-18-8-7-13-31(36)23-28-45(46)52)33-24-26-43-39(29-33)37-19-10-12-22-42(37)51(43)35-16-5-2-6-17-35/h1-8,10-11,13-19,21,23-24,26-29,34,39-40,43H,9,12,20,22,25,30H2. The summed E-state index contributed by atoms with van der Waals surface area (Å²) >= 11 is 0. The number of nitrogens with zero attached hydrogens (tertiary/aromatic N) is 4. The summed E-state index contributed by atoms with van der Waals surface area (Å²) in [7, 11) is 0. The number of benzene rings is 4. The number of para-hydroxylation sites is 1. The van der Waals surface area contributed by atoms with E-state index in [-0.39, 0.29) is 5.92 Å². The van der Waals surface area contributed by atoms with E-state index in [0.29, 0.717) is 17.9 Å². The van der Waals surface area contributed by atoms with Crippen LogP contribution in [-0.4, -0.2) is 16.0 Å². The molecule has 11 rings (SSSR count). The van der Waals surface area contributed by atoms with Gasteiger partial charge in [0.2, 0.25) is 5.95 Å². The highest BCUT2D eigenvalue weighted by molar-refractivity contribution is 5.95. The summed E-state index contributed by atoms with van der Waals surface area (Å²) in [6.07, 6.45) is 25.6. The highest BCUT2D eigenvalue weighted by Gasteiger charge is 2.44. The van der Waals surface area contributed by atoms with Crippen LogP contribution < -0.4 is 9.80 Å². The van der Waals surface area contributed by atoms with Crippen LogP contribution in [0.2, 0.25) is 0 Å². The molecule has 4 atom stereocenters. The Balaban J connectivity index is 1.01. The number of hydrogen-bond acceptors (Lipinski definition) is 4. The highest BCUT2D eigenvalue weighted by Crippen LogP contribution is 2.56. The Kier molecular flexibility index (Phi) is 6.86. The Labute approximate surface area is 305 Å². The van der Waals surface area contributed by atoms with Crippen molar-refractivity contribution < 1.29 is 0 Å². The predicted molar refractivity (Wildman–Crippen MR) is 213 cm³/mol. The Morgan fingerprint density at radius 2 is 1.54 bits per heavy atom. The van der Waals surface area contributed by atoms with Crippen LogP contribution >= 0.6 is 0 Å². The van der Waals surface area contributed by atoms with Gasteiger partial charge in [0.15, 0.2) is 0 Å². The summed E-state index contributed by atoms with van der Waals surface area (Å²) in [6.45, 7) is 0. The van der Waals surface area contributed by atoms with Gasteiger partial charge in [0.25, 0.3) is 0 Å². The zero-order valence-electron chi connectivity index (χ0n) is 29.2. The van der Waals surface area contributed by atoms with E-state index in [4.69, 9.17) is 9.97 Å². The lowest BCUT2D eigenvalue weighted by molar-refractivity contribution is 0.501. The molecule has 1 aromatic heterocycles. The quantitative estimate of drug-likeness (QED) is 0.190. The van der Waals surface area contributed by atoms with E-state index in [9.17, 15) is 0 Å². The van der Waals surface area contributed by atoms with E-state index in [1.807, 2.05) is 0 Å². The van der Waals surface area contributed by atoms with E-state index >= 15 is 0 Å². The summed E-state index contributed by atoms with van der Waals surface area (Å²) in [5, 5.41) is 2.63. The van der Waals surface area contributed by atoms with Crippen molar-refractivity contribution >= 4 is 34.2 Å². The molecule has 0 saturated heterocycles. The van der Waals surface area contributed by atoms with Crippen molar-refractivity contribution in [3.8, 4) is 11.3 Å². The molecule has 0 amide bonds. The molecule has 4 nitrogen and oxygen atoms in total. The first-order chi connectivity index (χ1) is 25.8. The third-order valence-corrected chi connectivity index (χ3v) is 12.3. The molecule has 0 fully saturated rings. The lowest BCUT2D eigenvalue weighted by Gasteiger charge is -2.34. The van der Waals surface area contributed by atoms with Crippen LogP contribution in [0, 0.1) is 11.8 Å². The molecule has 6 aliphatic rings. The number of allylic oxidation sites excluding steroid dienone is 8. The van der Waals surface area contributed by atoms with Crippen molar-refractivity contribution in [1.29, 1.82) is 0 Å². The fourth-order valence-electron chi connectivity index (χ4n) is 9.94. The smallest absolute Gasteiger partial charge is 0.235 e. The number of aromatic nitrogens is 2. The summed E-state index contributed by atoms with van der Waals surface area (Å²) in [6, 6.07) is 35.5. The maximum atomic E-state index is 5.43. The van der Waals surface area contributed by atoms with Crippen molar-refractivity contribution in [2.24, 2.45) is 11.8 Å². The van der Waals surface area contributed by atoms with Crippen molar-refractivity contribution in [1.82, 2.24) is 9.97 Å². The SMILES string of the molecule is C1=CC2=C(CC1)N(c1ccccc1)C1C=CC(C3CC=C4C(C3)c3c(ccc5ccccc35)N4c3nc4c(c(-c5ccccc5)n3)CCC=C4)=CC21. The van der Waals surface area contributed by atoms with Crippen LogP contribution in [0.25, 0.3) is 28.1 Å². The van der Waals surface area contributed by atoms with Crippen LogP contribution in [-0.2, 0) is 6.42 Å². The van der Waals surface area contributed by atoms with Crippen molar-refractivity contribution in [3.63, 3.8) is 0 Å². The van der Waals surface area contributed by atoms with Gasteiger partial charge in [-0.2, -0.15) is 0 Å². The van der Waals surface area contributed by atoms with E-state index in [2.05, 4.69) is 155 Å². The summed E-state index contributed by atoms with van der Waals surface area (Å²) in [5.41, 5.74) is 14.3. The zero-order chi connectivity index (χ0) is 34.2. The number of rotatable bonds is 4. The molecule has 252 valence electrons. The van der Waals surface area contributed by atoms with Gasteiger partial charge in [-0.1, -0.05) is 121 Å². The molecule has 4 heteroatoms. The van der Waals surface area contributed by atoms with Crippen molar-refractivity contribution in [2.45, 2.75) is 50.5 Å². The van der Waals surface area contributed by atoms with E-state index in [1.54, 1.807) is 0 Å². The first-order valence-electron chi connectivity index (χ1n) is 19.1. The maximum Gasteiger partial charge on any atom is 0.235 e. The van der Waals surface area contributed by atoms with Crippen LogP contribution in [0.4, 0.5) is 17.3 Å². The van der Waals surface area contributed by atoms with Gasteiger partial charge in [0.05, 0.1) is 23.1 Å². The number of anilines is 3. The third kappa shape index (κ3) is 4.60. The molecule has 0 spiro atoms. The van der Waals surface area contributed by atoms with Crippen molar-refractivity contribution in [3.05, 3.63) is 179 Å². The minimum atomic E-state index is 0.260. The Morgan fingerprint density at radius 1 is 0.731 bits per heavy atom. The van der Waals surface area contributed by atoms with Crippen LogP contribution in [0.5, 0.6) is 0 Å². The van der Waals surface area contributed by atoms with Gasteiger partial charge in [0, 0.05) is 40.0 Å². The fourth-order valence-corrected chi connectivity index (χ4v) is 9.94. The molecule has 4 aliphatic carbocycles. The van der Waals surface area contributed by atoms with Crippen LogP contribution in [0.1, 0.15) is 54.8 Å². The fraction of sp³-hybridized carbons (Fsp3) is 0.208. The average Bonchev–Trinajstić information content (AvgIpc) is 3.73. The molecule has 4 aromatic carbocycles. The van der Waals surface area contributed by atoms with Crippen molar-refractivity contribution in [2.75, 3.05) is 9.80 Å². The molecule has 5 aromatic rings. The minimum absolute atomic E-state index is 0.260. The van der Waals surface area contributed by atoms with Gasteiger partial charge in [0.1, 0.15) is 0 Å². The van der Waals surface area contributed by atoms with E-state index in [0.717, 1.165) is 61.4 Å². The van der Waals surface area contributed by atoms with Gasteiger partial charge in [-0.15, -0.1) is 0 Å². The second-order valence-corrected chi connectivity index (χ2v) is 15.0. The molecular weight excluding hydrogens is 633 g/mol. The molecular formula is C48H40N4. The first kappa shape index (κ1) is 29.9.